The molecule has 2 nitrogen and oxygen atoms in total. The Bertz CT molecular complexity index is 298. The average Bonchev–Trinajstić information content (AvgIpc) is 2.90. The van der Waals surface area contributed by atoms with E-state index < -0.39 is 0 Å². The van der Waals surface area contributed by atoms with Crippen molar-refractivity contribution < 1.29 is 5.11 Å². The Morgan fingerprint density at radius 2 is 2.43 bits per heavy atom. The van der Waals surface area contributed by atoms with Crippen molar-refractivity contribution in [2.75, 3.05) is 6.54 Å². The summed E-state index contributed by atoms with van der Waals surface area (Å²) in [5, 5.41) is 15.1. The number of halogens is 1. The van der Waals surface area contributed by atoms with Crippen LogP contribution in [-0.2, 0) is 6.42 Å². The van der Waals surface area contributed by atoms with Crippen molar-refractivity contribution in [3.8, 4) is 0 Å². The van der Waals surface area contributed by atoms with Crippen LogP contribution in [0.15, 0.2) is 15.9 Å². The molecule has 14 heavy (non-hydrogen) atoms. The lowest BCUT2D eigenvalue weighted by molar-refractivity contribution is 0.172. The fourth-order valence-corrected chi connectivity index (χ4v) is 2.93. The van der Waals surface area contributed by atoms with Crippen LogP contribution in [0.2, 0.25) is 0 Å². The summed E-state index contributed by atoms with van der Waals surface area (Å²) in [7, 11) is 0. The molecule has 1 atom stereocenters. The van der Waals surface area contributed by atoms with Crippen LogP contribution in [0.5, 0.6) is 0 Å². The van der Waals surface area contributed by atoms with Gasteiger partial charge in [0, 0.05) is 28.4 Å². The first kappa shape index (κ1) is 10.6. The van der Waals surface area contributed by atoms with Gasteiger partial charge in [-0.05, 0) is 40.2 Å². The van der Waals surface area contributed by atoms with Gasteiger partial charge in [-0.2, -0.15) is 0 Å². The molecule has 78 valence electrons. The number of thiophene rings is 1. The monoisotopic (exact) mass is 275 g/mol. The standard InChI is InChI=1S/C10H14BrNOS/c11-9-3-4-14-10(9)5-8(13)6-12-7-1-2-7/h3-4,7-8,12-13H,1-2,5-6H2. The maximum atomic E-state index is 9.75. The lowest BCUT2D eigenvalue weighted by Crippen LogP contribution is -2.29. The normalized spacial score (nSPS) is 18.4. The van der Waals surface area contributed by atoms with Crippen LogP contribution in [0.4, 0.5) is 0 Å². The zero-order valence-corrected chi connectivity index (χ0v) is 10.3. The average molecular weight is 276 g/mol. The topological polar surface area (TPSA) is 32.3 Å². The molecule has 1 unspecified atom stereocenters. The summed E-state index contributed by atoms with van der Waals surface area (Å²) in [5.41, 5.74) is 0. The summed E-state index contributed by atoms with van der Waals surface area (Å²) in [6.45, 7) is 0.717. The van der Waals surface area contributed by atoms with Gasteiger partial charge in [-0.3, -0.25) is 0 Å². The van der Waals surface area contributed by atoms with Crippen LogP contribution >= 0.6 is 27.3 Å². The highest BCUT2D eigenvalue weighted by Crippen LogP contribution is 2.24. The van der Waals surface area contributed by atoms with E-state index in [0.29, 0.717) is 6.04 Å². The van der Waals surface area contributed by atoms with E-state index in [4.69, 9.17) is 0 Å². The van der Waals surface area contributed by atoms with E-state index in [0.717, 1.165) is 17.4 Å². The Hall–Kier alpha value is 0.100. The molecule has 1 aromatic rings. The minimum atomic E-state index is -0.259. The van der Waals surface area contributed by atoms with Gasteiger partial charge in [0.15, 0.2) is 0 Å². The molecule has 1 heterocycles. The summed E-state index contributed by atoms with van der Waals surface area (Å²) in [4.78, 5) is 1.23. The van der Waals surface area contributed by atoms with Crippen LogP contribution in [0, 0.1) is 0 Å². The summed E-state index contributed by atoms with van der Waals surface area (Å²) in [6.07, 6.45) is 3.04. The molecule has 0 saturated heterocycles. The lowest BCUT2D eigenvalue weighted by atomic mass is 10.2. The van der Waals surface area contributed by atoms with Crippen molar-refractivity contribution in [2.24, 2.45) is 0 Å². The van der Waals surface area contributed by atoms with Crippen molar-refractivity contribution in [3.63, 3.8) is 0 Å². The molecule has 1 aliphatic rings. The minimum absolute atomic E-state index is 0.259. The van der Waals surface area contributed by atoms with E-state index in [2.05, 4.69) is 21.2 Å². The number of nitrogens with one attached hydrogen (secondary N) is 1. The van der Waals surface area contributed by atoms with Crippen LogP contribution in [0.3, 0.4) is 0 Å². The third-order valence-corrected chi connectivity index (χ3v) is 4.28. The molecule has 1 fully saturated rings. The Balaban J connectivity index is 1.75. The highest BCUT2D eigenvalue weighted by Gasteiger charge is 2.21. The predicted octanol–water partition coefficient (Wildman–Crippen LogP) is 2.17. The maximum Gasteiger partial charge on any atom is 0.0713 e. The molecule has 0 aromatic carbocycles. The number of rotatable bonds is 5. The fourth-order valence-electron chi connectivity index (χ4n) is 1.35. The molecule has 0 spiro atoms. The molecule has 1 aromatic heterocycles. The van der Waals surface area contributed by atoms with Crippen molar-refractivity contribution in [1.82, 2.24) is 5.32 Å². The second-order valence-corrected chi connectivity index (χ2v) is 5.59. The van der Waals surface area contributed by atoms with E-state index in [1.165, 1.54) is 17.7 Å². The van der Waals surface area contributed by atoms with Gasteiger partial charge < -0.3 is 10.4 Å². The SMILES string of the molecule is OC(CNC1CC1)Cc1sccc1Br. The molecule has 2 N–H and O–H groups in total. The lowest BCUT2D eigenvalue weighted by Gasteiger charge is -2.10. The van der Waals surface area contributed by atoms with Gasteiger partial charge in [0.05, 0.1) is 6.10 Å². The molecule has 0 radical (unpaired) electrons. The molecule has 0 bridgehead atoms. The number of aliphatic hydroxyl groups is 1. The molecule has 0 amide bonds. The van der Waals surface area contributed by atoms with Crippen LogP contribution < -0.4 is 5.32 Å². The summed E-state index contributed by atoms with van der Waals surface area (Å²) in [5.74, 6) is 0. The minimum Gasteiger partial charge on any atom is -0.391 e. The largest absolute Gasteiger partial charge is 0.391 e. The van der Waals surface area contributed by atoms with Crippen molar-refractivity contribution in [1.29, 1.82) is 0 Å². The Kier molecular flexibility index (Phi) is 3.60. The number of hydrogen-bond donors (Lipinski definition) is 2. The first-order valence-electron chi connectivity index (χ1n) is 4.89. The van der Waals surface area contributed by atoms with Crippen LogP contribution in [0.1, 0.15) is 17.7 Å². The number of aliphatic hydroxyl groups excluding tert-OH is 1. The highest BCUT2D eigenvalue weighted by molar-refractivity contribution is 9.10. The van der Waals surface area contributed by atoms with Gasteiger partial charge in [-0.25, -0.2) is 0 Å². The van der Waals surface area contributed by atoms with E-state index in [-0.39, 0.29) is 6.10 Å². The highest BCUT2D eigenvalue weighted by atomic mass is 79.9. The molecule has 4 heteroatoms. The third-order valence-electron chi connectivity index (χ3n) is 2.33. The third kappa shape index (κ3) is 3.05. The zero-order valence-electron chi connectivity index (χ0n) is 7.87. The molecule has 1 saturated carbocycles. The van der Waals surface area contributed by atoms with Gasteiger partial charge in [-0.15, -0.1) is 11.3 Å². The Morgan fingerprint density at radius 3 is 3.00 bits per heavy atom. The summed E-state index contributed by atoms with van der Waals surface area (Å²) < 4.78 is 1.12. The second kappa shape index (κ2) is 4.75. The van der Waals surface area contributed by atoms with Gasteiger partial charge in [0.25, 0.3) is 0 Å². The van der Waals surface area contributed by atoms with Crippen molar-refractivity contribution in [3.05, 3.63) is 20.8 Å². The molecule has 1 aliphatic carbocycles. The first-order chi connectivity index (χ1) is 6.75. The quantitative estimate of drug-likeness (QED) is 0.864. The molecule has 0 aliphatic heterocycles. The van der Waals surface area contributed by atoms with Gasteiger partial charge >= 0.3 is 0 Å². The van der Waals surface area contributed by atoms with Crippen molar-refractivity contribution >= 4 is 27.3 Å². The molecular formula is C10H14BrNOS. The first-order valence-corrected chi connectivity index (χ1v) is 6.56. The van der Waals surface area contributed by atoms with E-state index in [9.17, 15) is 5.11 Å². The number of hydrogen-bond acceptors (Lipinski definition) is 3. The van der Waals surface area contributed by atoms with E-state index in [1.807, 2.05) is 11.4 Å². The Labute approximate surface area is 96.5 Å². The molecular weight excluding hydrogens is 262 g/mol. The second-order valence-electron chi connectivity index (χ2n) is 3.73. The smallest absolute Gasteiger partial charge is 0.0713 e. The van der Waals surface area contributed by atoms with Gasteiger partial charge in [0.1, 0.15) is 0 Å². The van der Waals surface area contributed by atoms with Crippen molar-refractivity contribution in [2.45, 2.75) is 31.4 Å². The molecule has 2 rings (SSSR count). The summed E-state index contributed by atoms with van der Waals surface area (Å²) >= 11 is 5.16. The Morgan fingerprint density at radius 1 is 1.64 bits per heavy atom. The van der Waals surface area contributed by atoms with Gasteiger partial charge in [0.2, 0.25) is 0 Å². The zero-order chi connectivity index (χ0) is 9.97. The van der Waals surface area contributed by atoms with Crippen LogP contribution in [0.25, 0.3) is 0 Å². The van der Waals surface area contributed by atoms with E-state index >= 15 is 0 Å². The van der Waals surface area contributed by atoms with Gasteiger partial charge in [-0.1, -0.05) is 0 Å². The predicted molar refractivity (Wildman–Crippen MR) is 62.8 cm³/mol. The maximum absolute atomic E-state index is 9.75. The fraction of sp³-hybridized carbons (Fsp3) is 0.600. The van der Waals surface area contributed by atoms with E-state index in [1.54, 1.807) is 11.3 Å². The summed E-state index contributed by atoms with van der Waals surface area (Å²) in [6, 6.07) is 2.71. The van der Waals surface area contributed by atoms with Crippen LogP contribution in [-0.4, -0.2) is 23.8 Å².